The number of carbonyl (C=O) groups is 1. The molecular formula is C17H28N4O. The van der Waals surface area contributed by atoms with Crippen LogP contribution in [0.4, 0.5) is 5.69 Å². The molecule has 0 atom stereocenters. The predicted octanol–water partition coefficient (Wildman–Crippen LogP) is 2.00. The maximum absolute atomic E-state index is 12.0. The molecule has 2 rings (SSSR count). The summed E-state index contributed by atoms with van der Waals surface area (Å²) in [4.78, 5) is 21.1. The smallest absolute Gasteiger partial charge is 0.269 e. The highest BCUT2D eigenvalue weighted by Crippen LogP contribution is 2.15. The SMILES string of the molecule is CCN1CCN(c2ccc(C(=O)NCCC(C)C)nc2)CC1. The highest BCUT2D eigenvalue weighted by molar-refractivity contribution is 5.92. The number of hydrogen-bond donors (Lipinski definition) is 1. The van der Waals surface area contributed by atoms with Gasteiger partial charge >= 0.3 is 0 Å². The summed E-state index contributed by atoms with van der Waals surface area (Å²) < 4.78 is 0. The van der Waals surface area contributed by atoms with Gasteiger partial charge in [0.15, 0.2) is 0 Å². The molecule has 0 spiro atoms. The number of nitrogens with one attached hydrogen (secondary N) is 1. The van der Waals surface area contributed by atoms with Gasteiger partial charge in [0.25, 0.3) is 5.91 Å². The number of aromatic nitrogens is 1. The van der Waals surface area contributed by atoms with Gasteiger partial charge in [-0.1, -0.05) is 20.8 Å². The fraction of sp³-hybridized carbons (Fsp3) is 0.647. The molecule has 1 aromatic heterocycles. The maximum atomic E-state index is 12.0. The fourth-order valence-electron chi connectivity index (χ4n) is 2.59. The number of pyridine rings is 1. The van der Waals surface area contributed by atoms with E-state index in [0.29, 0.717) is 18.2 Å². The van der Waals surface area contributed by atoms with Gasteiger partial charge in [-0.3, -0.25) is 4.79 Å². The van der Waals surface area contributed by atoms with Crippen molar-refractivity contribution in [3.63, 3.8) is 0 Å². The van der Waals surface area contributed by atoms with Gasteiger partial charge in [0, 0.05) is 32.7 Å². The number of carbonyl (C=O) groups excluding carboxylic acids is 1. The lowest BCUT2D eigenvalue weighted by Gasteiger charge is -2.35. The first-order valence-electron chi connectivity index (χ1n) is 8.31. The van der Waals surface area contributed by atoms with Crippen LogP contribution in [0.5, 0.6) is 0 Å². The molecule has 5 nitrogen and oxygen atoms in total. The second-order valence-electron chi connectivity index (χ2n) is 6.26. The van der Waals surface area contributed by atoms with Gasteiger partial charge in [-0.05, 0) is 31.0 Å². The zero-order valence-corrected chi connectivity index (χ0v) is 14.0. The van der Waals surface area contributed by atoms with Crippen LogP contribution in [-0.4, -0.2) is 55.1 Å². The summed E-state index contributed by atoms with van der Waals surface area (Å²) >= 11 is 0. The number of anilines is 1. The van der Waals surface area contributed by atoms with E-state index in [1.165, 1.54) is 0 Å². The molecule has 0 unspecified atom stereocenters. The van der Waals surface area contributed by atoms with E-state index in [0.717, 1.165) is 44.8 Å². The van der Waals surface area contributed by atoms with E-state index in [1.807, 2.05) is 18.3 Å². The number of piperazine rings is 1. The van der Waals surface area contributed by atoms with Gasteiger partial charge in [0.1, 0.15) is 5.69 Å². The number of likely N-dealkylation sites (N-methyl/N-ethyl adjacent to an activating group) is 1. The second-order valence-corrected chi connectivity index (χ2v) is 6.26. The molecule has 22 heavy (non-hydrogen) atoms. The zero-order chi connectivity index (χ0) is 15.9. The van der Waals surface area contributed by atoms with E-state index in [1.54, 1.807) is 0 Å². The van der Waals surface area contributed by atoms with Gasteiger partial charge in [-0.15, -0.1) is 0 Å². The first-order valence-corrected chi connectivity index (χ1v) is 8.31. The molecule has 1 aliphatic heterocycles. The Morgan fingerprint density at radius 2 is 2.00 bits per heavy atom. The topological polar surface area (TPSA) is 48.5 Å². The van der Waals surface area contributed by atoms with E-state index in [4.69, 9.17) is 0 Å². The van der Waals surface area contributed by atoms with Crippen molar-refractivity contribution in [2.24, 2.45) is 5.92 Å². The van der Waals surface area contributed by atoms with Crippen molar-refractivity contribution in [2.45, 2.75) is 27.2 Å². The minimum atomic E-state index is -0.0806. The lowest BCUT2D eigenvalue weighted by molar-refractivity contribution is 0.0947. The molecule has 1 amide bonds. The van der Waals surface area contributed by atoms with Crippen molar-refractivity contribution in [2.75, 3.05) is 44.2 Å². The predicted molar refractivity (Wildman–Crippen MR) is 90.4 cm³/mol. The fourth-order valence-corrected chi connectivity index (χ4v) is 2.59. The van der Waals surface area contributed by atoms with Crippen LogP contribution in [0.15, 0.2) is 18.3 Å². The third-order valence-corrected chi connectivity index (χ3v) is 4.17. The van der Waals surface area contributed by atoms with Crippen LogP contribution in [0.2, 0.25) is 0 Å². The summed E-state index contributed by atoms with van der Waals surface area (Å²) in [6.07, 6.45) is 2.81. The van der Waals surface area contributed by atoms with Gasteiger partial charge in [-0.25, -0.2) is 4.98 Å². The largest absolute Gasteiger partial charge is 0.368 e. The van der Waals surface area contributed by atoms with Crippen molar-refractivity contribution >= 4 is 11.6 Å². The van der Waals surface area contributed by atoms with Crippen LogP contribution in [0.25, 0.3) is 0 Å². The van der Waals surface area contributed by atoms with Gasteiger partial charge in [-0.2, -0.15) is 0 Å². The van der Waals surface area contributed by atoms with E-state index < -0.39 is 0 Å². The van der Waals surface area contributed by atoms with Crippen molar-refractivity contribution in [3.8, 4) is 0 Å². The molecule has 1 fully saturated rings. The quantitative estimate of drug-likeness (QED) is 0.873. The van der Waals surface area contributed by atoms with Crippen LogP contribution < -0.4 is 10.2 Å². The zero-order valence-electron chi connectivity index (χ0n) is 14.0. The number of hydrogen-bond acceptors (Lipinski definition) is 4. The molecule has 0 aromatic carbocycles. The molecule has 1 aromatic rings. The summed E-state index contributed by atoms with van der Waals surface area (Å²) in [6, 6.07) is 3.83. The average Bonchev–Trinajstić information content (AvgIpc) is 2.54. The van der Waals surface area contributed by atoms with Gasteiger partial charge in [0.05, 0.1) is 11.9 Å². The Morgan fingerprint density at radius 3 is 2.55 bits per heavy atom. The van der Waals surface area contributed by atoms with Crippen molar-refractivity contribution < 1.29 is 4.79 Å². The molecule has 0 saturated carbocycles. The Labute approximate surface area is 133 Å². The number of amides is 1. The third-order valence-electron chi connectivity index (χ3n) is 4.17. The molecule has 1 aliphatic rings. The second kappa shape index (κ2) is 8.13. The number of nitrogens with zero attached hydrogens (tertiary/aromatic N) is 3. The molecule has 2 heterocycles. The van der Waals surface area contributed by atoms with E-state index in [9.17, 15) is 4.79 Å². The Hall–Kier alpha value is -1.62. The standard InChI is InChI=1S/C17H28N4O/c1-4-20-9-11-21(12-10-20)15-5-6-16(19-13-15)17(22)18-8-7-14(2)3/h5-6,13-14H,4,7-12H2,1-3H3,(H,18,22). The normalized spacial score (nSPS) is 16.1. The first-order chi connectivity index (χ1) is 10.6. The molecule has 5 heteroatoms. The molecule has 1 N–H and O–H groups in total. The summed E-state index contributed by atoms with van der Waals surface area (Å²) in [7, 11) is 0. The molecule has 1 saturated heterocycles. The lowest BCUT2D eigenvalue weighted by atomic mass is 10.1. The Kier molecular flexibility index (Phi) is 6.19. The average molecular weight is 304 g/mol. The number of rotatable bonds is 6. The van der Waals surface area contributed by atoms with Crippen molar-refractivity contribution in [1.29, 1.82) is 0 Å². The highest BCUT2D eigenvalue weighted by Gasteiger charge is 2.16. The van der Waals surface area contributed by atoms with E-state index in [2.05, 4.69) is 40.9 Å². The minimum Gasteiger partial charge on any atom is -0.368 e. The molecule has 122 valence electrons. The Balaban J connectivity index is 1.86. The van der Waals surface area contributed by atoms with Crippen molar-refractivity contribution in [3.05, 3.63) is 24.0 Å². The molecule has 0 bridgehead atoms. The Morgan fingerprint density at radius 1 is 1.27 bits per heavy atom. The van der Waals surface area contributed by atoms with Crippen LogP contribution in [0.1, 0.15) is 37.7 Å². The highest BCUT2D eigenvalue weighted by atomic mass is 16.1. The summed E-state index contributed by atoms with van der Waals surface area (Å²) in [5.41, 5.74) is 1.61. The van der Waals surface area contributed by atoms with E-state index >= 15 is 0 Å². The van der Waals surface area contributed by atoms with Gasteiger partial charge in [0.2, 0.25) is 0 Å². The Bertz CT molecular complexity index is 464. The van der Waals surface area contributed by atoms with E-state index in [-0.39, 0.29) is 5.91 Å². The molecular weight excluding hydrogens is 276 g/mol. The summed E-state index contributed by atoms with van der Waals surface area (Å²) in [6.45, 7) is 12.5. The lowest BCUT2D eigenvalue weighted by Crippen LogP contribution is -2.46. The third kappa shape index (κ3) is 4.70. The van der Waals surface area contributed by atoms with Crippen molar-refractivity contribution in [1.82, 2.24) is 15.2 Å². The summed E-state index contributed by atoms with van der Waals surface area (Å²) in [5.74, 6) is 0.514. The summed E-state index contributed by atoms with van der Waals surface area (Å²) in [5, 5.41) is 2.92. The first kappa shape index (κ1) is 16.7. The molecule has 0 radical (unpaired) electrons. The van der Waals surface area contributed by atoms with Crippen LogP contribution >= 0.6 is 0 Å². The molecule has 0 aliphatic carbocycles. The van der Waals surface area contributed by atoms with Crippen LogP contribution in [0, 0.1) is 5.92 Å². The van der Waals surface area contributed by atoms with Crippen LogP contribution in [0.3, 0.4) is 0 Å². The van der Waals surface area contributed by atoms with Gasteiger partial charge < -0.3 is 15.1 Å². The van der Waals surface area contributed by atoms with Crippen LogP contribution in [-0.2, 0) is 0 Å². The monoisotopic (exact) mass is 304 g/mol. The maximum Gasteiger partial charge on any atom is 0.269 e. The minimum absolute atomic E-state index is 0.0806.